The van der Waals surface area contributed by atoms with Crippen molar-refractivity contribution in [2.45, 2.75) is 29.8 Å². The molecule has 7 heteroatoms. The number of hydrogen-bond acceptors (Lipinski definition) is 4. The fourth-order valence-corrected chi connectivity index (χ4v) is 2.85. The van der Waals surface area contributed by atoms with Crippen LogP contribution in [0.15, 0.2) is 39.1 Å². The van der Waals surface area contributed by atoms with Gasteiger partial charge >= 0.3 is 5.97 Å². The second-order valence-electron chi connectivity index (χ2n) is 4.34. The number of halogens is 1. The van der Waals surface area contributed by atoms with Gasteiger partial charge in [-0.1, -0.05) is 36.7 Å². The van der Waals surface area contributed by atoms with Gasteiger partial charge in [-0.25, -0.2) is 9.78 Å². The first-order valence-electron chi connectivity index (χ1n) is 6.30. The molecule has 0 unspecified atom stereocenters. The molecule has 21 heavy (non-hydrogen) atoms. The van der Waals surface area contributed by atoms with Gasteiger partial charge in [0.2, 0.25) is 0 Å². The van der Waals surface area contributed by atoms with Crippen LogP contribution in [-0.2, 0) is 6.42 Å². The lowest BCUT2D eigenvalue weighted by molar-refractivity contribution is 0.0697. The van der Waals surface area contributed by atoms with Gasteiger partial charge in [0.05, 0.1) is 10.6 Å². The molecule has 0 bridgehead atoms. The SMILES string of the molecule is CCCc1cc(=O)[nH]c(Sc2ccc(C(=O)O)cc2Cl)n1. The summed E-state index contributed by atoms with van der Waals surface area (Å²) >= 11 is 7.26. The zero-order valence-corrected chi connectivity index (χ0v) is 12.8. The summed E-state index contributed by atoms with van der Waals surface area (Å²) in [6.45, 7) is 2.01. The van der Waals surface area contributed by atoms with E-state index in [4.69, 9.17) is 16.7 Å². The number of carboxylic acid groups (broad SMARTS) is 1. The van der Waals surface area contributed by atoms with Crippen molar-refractivity contribution >= 4 is 29.3 Å². The molecule has 2 aromatic rings. The maximum atomic E-state index is 11.6. The van der Waals surface area contributed by atoms with Gasteiger partial charge in [0, 0.05) is 16.7 Å². The van der Waals surface area contributed by atoms with E-state index in [0.717, 1.165) is 18.5 Å². The highest BCUT2D eigenvalue weighted by Gasteiger charge is 2.10. The maximum absolute atomic E-state index is 11.6. The molecule has 0 atom stereocenters. The van der Waals surface area contributed by atoms with Crippen LogP contribution >= 0.6 is 23.4 Å². The second kappa shape index (κ2) is 6.78. The third kappa shape index (κ3) is 4.09. The van der Waals surface area contributed by atoms with Crippen LogP contribution in [0.4, 0.5) is 0 Å². The summed E-state index contributed by atoms with van der Waals surface area (Å²) < 4.78 is 0. The number of hydrogen-bond donors (Lipinski definition) is 2. The Balaban J connectivity index is 2.29. The summed E-state index contributed by atoms with van der Waals surface area (Å²) in [5, 5.41) is 9.65. The van der Waals surface area contributed by atoms with Crippen molar-refractivity contribution in [1.29, 1.82) is 0 Å². The first-order valence-corrected chi connectivity index (χ1v) is 7.50. The van der Waals surface area contributed by atoms with Crippen LogP contribution in [-0.4, -0.2) is 21.0 Å². The number of carboxylic acids is 1. The number of rotatable bonds is 5. The van der Waals surface area contributed by atoms with E-state index in [1.54, 1.807) is 6.07 Å². The predicted molar refractivity (Wildman–Crippen MR) is 81.4 cm³/mol. The van der Waals surface area contributed by atoms with Crippen LogP contribution < -0.4 is 5.56 Å². The minimum atomic E-state index is -1.04. The van der Waals surface area contributed by atoms with Gasteiger partial charge in [0.25, 0.3) is 5.56 Å². The summed E-state index contributed by atoms with van der Waals surface area (Å²) in [6, 6.07) is 5.91. The molecule has 110 valence electrons. The average molecular weight is 325 g/mol. The Labute approximate surface area is 130 Å². The highest BCUT2D eigenvalue weighted by Crippen LogP contribution is 2.31. The van der Waals surface area contributed by atoms with Gasteiger partial charge in [-0.15, -0.1) is 0 Å². The van der Waals surface area contributed by atoms with Gasteiger partial charge in [0.1, 0.15) is 0 Å². The van der Waals surface area contributed by atoms with Crippen molar-refractivity contribution in [3.05, 3.63) is 50.9 Å². The Hall–Kier alpha value is -1.79. The quantitative estimate of drug-likeness (QED) is 0.825. The van der Waals surface area contributed by atoms with E-state index >= 15 is 0 Å². The standard InChI is InChI=1S/C14H13ClN2O3S/c1-2-3-9-7-12(18)17-14(16-9)21-11-5-4-8(13(19)20)6-10(11)15/h4-7H,2-3H2,1H3,(H,19,20)(H,16,17,18). The molecule has 0 aliphatic carbocycles. The number of H-pyrrole nitrogens is 1. The number of benzene rings is 1. The average Bonchev–Trinajstić information content (AvgIpc) is 2.40. The molecule has 0 fully saturated rings. The topological polar surface area (TPSA) is 83.0 Å². The Morgan fingerprint density at radius 3 is 2.81 bits per heavy atom. The normalized spacial score (nSPS) is 10.6. The van der Waals surface area contributed by atoms with Gasteiger partial charge < -0.3 is 10.1 Å². The van der Waals surface area contributed by atoms with E-state index in [1.807, 2.05) is 6.92 Å². The van der Waals surface area contributed by atoms with Crippen LogP contribution in [0.1, 0.15) is 29.4 Å². The predicted octanol–water partition coefficient (Wildman–Crippen LogP) is 3.23. The molecule has 0 spiro atoms. The monoisotopic (exact) mass is 324 g/mol. The Bertz CT molecular complexity index is 730. The van der Waals surface area contributed by atoms with Crippen molar-refractivity contribution in [3.63, 3.8) is 0 Å². The Kier molecular flexibility index (Phi) is 5.03. The summed E-state index contributed by atoms with van der Waals surface area (Å²) in [5.41, 5.74) is 0.627. The fourth-order valence-electron chi connectivity index (χ4n) is 1.74. The van der Waals surface area contributed by atoms with Crippen molar-refractivity contribution in [2.75, 3.05) is 0 Å². The zero-order chi connectivity index (χ0) is 15.4. The minimum absolute atomic E-state index is 0.116. The highest BCUT2D eigenvalue weighted by molar-refractivity contribution is 7.99. The van der Waals surface area contributed by atoms with Crippen LogP contribution in [0.2, 0.25) is 5.02 Å². The highest BCUT2D eigenvalue weighted by atomic mass is 35.5. The summed E-state index contributed by atoms with van der Waals surface area (Å²) in [4.78, 5) is 30.1. The molecule has 1 aromatic carbocycles. The van der Waals surface area contributed by atoms with Crippen molar-refractivity contribution < 1.29 is 9.90 Å². The van der Waals surface area contributed by atoms with Gasteiger partial charge in [-0.3, -0.25) is 4.79 Å². The van der Waals surface area contributed by atoms with Crippen molar-refractivity contribution in [3.8, 4) is 0 Å². The zero-order valence-electron chi connectivity index (χ0n) is 11.2. The van der Waals surface area contributed by atoms with Gasteiger partial charge in [-0.05, 0) is 24.6 Å². The molecule has 0 radical (unpaired) electrons. The molecule has 0 aliphatic rings. The molecular weight excluding hydrogens is 312 g/mol. The molecule has 0 amide bonds. The van der Waals surface area contributed by atoms with Crippen LogP contribution in [0.5, 0.6) is 0 Å². The lowest BCUT2D eigenvalue weighted by Gasteiger charge is -2.06. The number of aromatic amines is 1. The Morgan fingerprint density at radius 1 is 1.43 bits per heavy atom. The molecule has 0 saturated heterocycles. The Morgan fingerprint density at radius 2 is 2.19 bits per heavy atom. The first kappa shape index (κ1) is 15.6. The van der Waals surface area contributed by atoms with Crippen LogP contribution in [0, 0.1) is 0 Å². The number of aromatic carboxylic acids is 1. The van der Waals surface area contributed by atoms with E-state index in [0.29, 0.717) is 15.1 Å². The molecule has 0 saturated carbocycles. The number of carbonyl (C=O) groups is 1. The number of aryl methyl sites for hydroxylation is 1. The van der Waals surface area contributed by atoms with Crippen LogP contribution in [0.25, 0.3) is 0 Å². The number of aromatic nitrogens is 2. The fraction of sp³-hybridized carbons (Fsp3) is 0.214. The van der Waals surface area contributed by atoms with Gasteiger partial charge in [-0.2, -0.15) is 0 Å². The lowest BCUT2D eigenvalue weighted by atomic mass is 10.2. The maximum Gasteiger partial charge on any atom is 0.335 e. The molecule has 5 nitrogen and oxygen atoms in total. The van der Waals surface area contributed by atoms with E-state index in [-0.39, 0.29) is 11.1 Å². The van der Waals surface area contributed by atoms with E-state index in [9.17, 15) is 9.59 Å². The molecule has 1 heterocycles. The summed E-state index contributed by atoms with van der Waals surface area (Å²) in [7, 11) is 0. The second-order valence-corrected chi connectivity index (χ2v) is 5.78. The third-order valence-corrected chi connectivity index (χ3v) is 4.05. The molecule has 2 N–H and O–H groups in total. The van der Waals surface area contributed by atoms with E-state index in [2.05, 4.69) is 9.97 Å². The summed E-state index contributed by atoms with van der Waals surface area (Å²) in [6.07, 6.45) is 1.62. The molecular formula is C14H13ClN2O3S. The molecule has 0 aliphatic heterocycles. The first-order chi connectivity index (χ1) is 9.99. The van der Waals surface area contributed by atoms with Crippen molar-refractivity contribution in [1.82, 2.24) is 9.97 Å². The van der Waals surface area contributed by atoms with Crippen LogP contribution in [0.3, 0.4) is 0 Å². The summed E-state index contributed by atoms with van der Waals surface area (Å²) in [5.74, 6) is -1.04. The van der Waals surface area contributed by atoms with E-state index < -0.39 is 5.97 Å². The third-order valence-electron chi connectivity index (χ3n) is 2.66. The number of nitrogens with one attached hydrogen (secondary N) is 1. The largest absolute Gasteiger partial charge is 0.478 e. The molecule has 2 rings (SSSR count). The minimum Gasteiger partial charge on any atom is -0.478 e. The lowest BCUT2D eigenvalue weighted by Crippen LogP contribution is -2.09. The van der Waals surface area contributed by atoms with E-state index in [1.165, 1.54) is 30.0 Å². The number of nitrogens with zero attached hydrogens (tertiary/aromatic N) is 1. The van der Waals surface area contributed by atoms with Crippen molar-refractivity contribution in [2.24, 2.45) is 0 Å². The molecule has 1 aromatic heterocycles. The van der Waals surface area contributed by atoms with Gasteiger partial charge in [0.15, 0.2) is 5.16 Å². The smallest absolute Gasteiger partial charge is 0.335 e.